The summed E-state index contributed by atoms with van der Waals surface area (Å²) in [5, 5.41) is 12.5. The quantitative estimate of drug-likeness (QED) is 0.608. The van der Waals surface area contributed by atoms with Crippen LogP contribution in [0.4, 0.5) is 5.69 Å². The molecule has 3 atom stereocenters. The molecule has 0 radical (unpaired) electrons. The van der Waals surface area contributed by atoms with Crippen molar-refractivity contribution in [1.82, 2.24) is 9.80 Å². The second kappa shape index (κ2) is 12.7. The van der Waals surface area contributed by atoms with Crippen molar-refractivity contribution in [3.8, 4) is 5.75 Å². The molecule has 1 heterocycles. The van der Waals surface area contributed by atoms with Gasteiger partial charge in [-0.1, -0.05) is 32.0 Å². The van der Waals surface area contributed by atoms with Gasteiger partial charge in [-0.15, -0.1) is 0 Å². The van der Waals surface area contributed by atoms with Crippen molar-refractivity contribution in [2.75, 3.05) is 39.2 Å². The van der Waals surface area contributed by atoms with E-state index in [1.54, 1.807) is 56.3 Å². The molecule has 2 N–H and O–H groups in total. The number of ether oxygens (including phenoxy) is 2. The Labute approximate surface area is 218 Å². The molecule has 2 aromatic carbocycles. The number of carbonyl (C=O) groups excluding carboxylic acids is 2. The number of fused-ring (bicyclic) bond motifs is 1. The van der Waals surface area contributed by atoms with Gasteiger partial charge in [0.2, 0.25) is 5.91 Å². The molecule has 0 saturated carbocycles. The first-order valence-electron chi connectivity index (χ1n) is 12.5. The van der Waals surface area contributed by atoms with Crippen LogP contribution < -0.4 is 10.1 Å². The van der Waals surface area contributed by atoms with E-state index in [2.05, 4.69) is 17.1 Å². The first kappa shape index (κ1) is 28.1. The van der Waals surface area contributed by atoms with E-state index in [1.165, 1.54) is 0 Å². The van der Waals surface area contributed by atoms with E-state index < -0.39 is 5.97 Å². The summed E-state index contributed by atoms with van der Waals surface area (Å²) in [6.45, 7) is 7.51. The lowest BCUT2D eigenvalue weighted by Gasteiger charge is -2.36. The van der Waals surface area contributed by atoms with Crippen LogP contribution in [-0.2, 0) is 16.1 Å². The van der Waals surface area contributed by atoms with Crippen LogP contribution in [0, 0.1) is 5.92 Å². The predicted molar refractivity (Wildman–Crippen MR) is 141 cm³/mol. The van der Waals surface area contributed by atoms with E-state index in [-0.39, 0.29) is 42.0 Å². The van der Waals surface area contributed by atoms with Crippen molar-refractivity contribution in [2.45, 2.75) is 45.9 Å². The number of methoxy groups -OCH3 is 1. The maximum atomic E-state index is 13.3. The first-order chi connectivity index (χ1) is 17.6. The molecule has 0 aliphatic carbocycles. The van der Waals surface area contributed by atoms with Gasteiger partial charge in [-0.25, -0.2) is 4.79 Å². The Kier molecular flexibility index (Phi) is 9.66. The van der Waals surface area contributed by atoms with Gasteiger partial charge in [-0.3, -0.25) is 14.5 Å². The number of benzene rings is 2. The topological polar surface area (TPSA) is 108 Å². The van der Waals surface area contributed by atoms with Gasteiger partial charge in [0.15, 0.2) is 0 Å². The Morgan fingerprint density at radius 1 is 1.16 bits per heavy atom. The van der Waals surface area contributed by atoms with Gasteiger partial charge in [-0.2, -0.15) is 0 Å². The largest absolute Gasteiger partial charge is 0.491 e. The molecule has 37 heavy (non-hydrogen) atoms. The van der Waals surface area contributed by atoms with Crippen LogP contribution in [0.3, 0.4) is 0 Å². The number of carboxylic acids is 1. The van der Waals surface area contributed by atoms with E-state index in [1.807, 2.05) is 19.1 Å². The summed E-state index contributed by atoms with van der Waals surface area (Å²) in [7, 11) is 3.37. The Bertz CT molecular complexity index is 1120. The molecule has 1 aliphatic rings. The second-order valence-corrected chi connectivity index (χ2v) is 9.60. The summed E-state index contributed by atoms with van der Waals surface area (Å²) in [6.07, 6.45) is 0.102. The number of nitrogens with zero attached hydrogens (tertiary/aromatic N) is 2. The minimum Gasteiger partial charge on any atom is -0.491 e. The van der Waals surface area contributed by atoms with Crippen LogP contribution >= 0.6 is 0 Å². The van der Waals surface area contributed by atoms with Gasteiger partial charge in [-0.05, 0) is 36.6 Å². The van der Waals surface area contributed by atoms with Crippen molar-refractivity contribution >= 4 is 23.5 Å². The van der Waals surface area contributed by atoms with E-state index in [4.69, 9.17) is 9.47 Å². The molecule has 1 aliphatic heterocycles. The van der Waals surface area contributed by atoms with Crippen molar-refractivity contribution in [1.29, 1.82) is 0 Å². The molecule has 2 amide bonds. The highest BCUT2D eigenvalue weighted by molar-refractivity contribution is 5.98. The van der Waals surface area contributed by atoms with E-state index in [9.17, 15) is 19.5 Å². The molecule has 0 spiro atoms. The zero-order valence-corrected chi connectivity index (χ0v) is 22.2. The summed E-state index contributed by atoms with van der Waals surface area (Å²) in [6, 6.07) is 11.9. The highest BCUT2D eigenvalue weighted by Crippen LogP contribution is 2.27. The highest BCUT2D eigenvalue weighted by atomic mass is 16.5. The minimum absolute atomic E-state index is 0.0465. The van der Waals surface area contributed by atoms with Gasteiger partial charge in [0, 0.05) is 58.0 Å². The minimum atomic E-state index is -0.965. The average Bonchev–Trinajstić information content (AvgIpc) is 2.88. The Hall–Kier alpha value is -3.43. The fourth-order valence-electron chi connectivity index (χ4n) is 4.48. The van der Waals surface area contributed by atoms with Crippen LogP contribution in [0.1, 0.15) is 53.5 Å². The van der Waals surface area contributed by atoms with Gasteiger partial charge in [0.1, 0.15) is 12.4 Å². The number of aromatic carboxylic acids is 1. The molecule has 2 aromatic rings. The Morgan fingerprint density at radius 2 is 1.89 bits per heavy atom. The molecule has 0 fully saturated rings. The fraction of sp³-hybridized carbons (Fsp3) is 0.464. The highest BCUT2D eigenvalue weighted by Gasteiger charge is 2.29. The molecule has 0 bridgehead atoms. The van der Waals surface area contributed by atoms with E-state index in [0.29, 0.717) is 48.6 Å². The zero-order chi connectivity index (χ0) is 27.1. The van der Waals surface area contributed by atoms with Gasteiger partial charge in [0.25, 0.3) is 5.91 Å². The predicted octanol–water partition coefficient (Wildman–Crippen LogP) is 3.74. The van der Waals surface area contributed by atoms with Gasteiger partial charge < -0.3 is 24.8 Å². The maximum absolute atomic E-state index is 13.3. The van der Waals surface area contributed by atoms with E-state index in [0.717, 1.165) is 0 Å². The molecule has 0 saturated heterocycles. The molecular weight excluding hydrogens is 474 g/mol. The Morgan fingerprint density at radius 3 is 2.57 bits per heavy atom. The van der Waals surface area contributed by atoms with Crippen molar-refractivity contribution in [3.63, 3.8) is 0 Å². The lowest BCUT2D eigenvalue weighted by Crippen LogP contribution is -2.46. The SMILES string of the molecule is CCC(=O)Nc1ccc2c(c1)OC[C@@H](C)N(Cc1ccccc1C(=O)O)C[C@H](C)[C@@H](OC)CN(C)C2=O. The van der Waals surface area contributed by atoms with Gasteiger partial charge in [0.05, 0.1) is 17.2 Å². The monoisotopic (exact) mass is 511 g/mol. The van der Waals surface area contributed by atoms with Crippen molar-refractivity contribution < 1.29 is 29.0 Å². The number of amides is 2. The summed E-state index contributed by atoms with van der Waals surface area (Å²) in [5.41, 5.74) is 1.93. The number of hydrogen-bond donors (Lipinski definition) is 2. The first-order valence-corrected chi connectivity index (χ1v) is 12.5. The number of anilines is 1. The molecule has 9 heteroatoms. The molecule has 9 nitrogen and oxygen atoms in total. The molecular formula is C28H37N3O6. The summed E-state index contributed by atoms with van der Waals surface area (Å²) in [5.74, 6) is -0.869. The zero-order valence-electron chi connectivity index (χ0n) is 22.2. The number of hydrogen-bond acceptors (Lipinski definition) is 6. The summed E-state index contributed by atoms with van der Waals surface area (Å²) < 4.78 is 12.0. The average molecular weight is 512 g/mol. The van der Waals surface area contributed by atoms with Crippen molar-refractivity contribution in [2.24, 2.45) is 5.92 Å². The normalized spacial score (nSPS) is 21.3. The standard InChI is InChI=1S/C28H37N3O6/c1-6-26(32)29-21-11-12-23-24(13-21)37-17-19(3)31(15-20-9-7-8-10-22(20)28(34)35)14-18(2)25(36-5)16-30(4)27(23)33/h7-13,18-19,25H,6,14-17H2,1-5H3,(H,29,32)(H,34,35)/t18-,19+,25-/m0/s1. The molecule has 0 unspecified atom stereocenters. The lowest BCUT2D eigenvalue weighted by atomic mass is 10.00. The van der Waals surface area contributed by atoms with Crippen LogP contribution in [0.5, 0.6) is 5.75 Å². The number of carbonyl (C=O) groups is 3. The number of nitrogens with one attached hydrogen (secondary N) is 1. The third-order valence-electron chi connectivity index (χ3n) is 6.80. The second-order valence-electron chi connectivity index (χ2n) is 9.60. The van der Waals surface area contributed by atoms with Gasteiger partial charge >= 0.3 is 5.97 Å². The van der Waals surface area contributed by atoms with Crippen LogP contribution in [0.25, 0.3) is 0 Å². The number of likely N-dealkylation sites (N-methyl/N-ethyl adjacent to an activating group) is 1. The van der Waals surface area contributed by atoms with Crippen molar-refractivity contribution in [3.05, 3.63) is 59.2 Å². The summed E-state index contributed by atoms with van der Waals surface area (Å²) in [4.78, 5) is 40.9. The van der Waals surface area contributed by atoms with Crippen LogP contribution in [0.2, 0.25) is 0 Å². The van der Waals surface area contributed by atoms with Crippen LogP contribution in [-0.4, -0.2) is 78.7 Å². The Balaban J connectivity index is 1.98. The maximum Gasteiger partial charge on any atom is 0.336 e. The molecule has 0 aromatic heterocycles. The molecule has 200 valence electrons. The third kappa shape index (κ3) is 7.08. The smallest absolute Gasteiger partial charge is 0.336 e. The third-order valence-corrected chi connectivity index (χ3v) is 6.80. The number of carboxylic acid groups (broad SMARTS) is 1. The fourth-order valence-corrected chi connectivity index (χ4v) is 4.48. The number of rotatable bonds is 6. The van der Waals surface area contributed by atoms with Crippen LogP contribution in [0.15, 0.2) is 42.5 Å². The van der Waals surface area contributed by atoms with E-state index >= 15 is 0 Å². The summed E-state index contributed by atoms with van der Waals surface area (Å²) >= 11 is 0. The molecule has 3 rings (SSSR count). The lowest BCUT2D eigenvalue weighted by molar-refractivity contribution is -0.115.